The molecule has 3 aromatic carbocycles. The standard InChI is InChI=1S/C27H20F2N4O3/c28-20-11-19(12-21(29)14-20)16-1-3-17(4-2-16)23-15-25(33(32-23)26(34)7-8-27(35)36)18-5-6-22-24(13-18)31-10-9-30-22/h1-6,9-14,25H,7-8,15H2,(H,35,36). The molecule has 1 amide bonds. The maximum atomic E-state index is 13.6. The molecule has 1 atom stereocenters. The molecule has 2 heterocycles. The molecule has 36 heavy (non-hydrogen) atoms. The zero-order valence-electron chi connectivity index (χ0n) is 18.9. The fraction of sp³-hybridized carbons (Fsp3) is 0.148. The van der Waals surface area contributed by atoms with Gasteiger partial charge in [-0.15, -0.1) is 0 Å². The van der Waals surface area contributed by atoms with Gasteiger partial charge in [-0.25, -0.2) is 13.8 Å². The highest BCUT2D eigenvalue weighted by molar-refractivity contribution is 6.03. The number of benzene rings is 3. The Kier molecular flexibility index (Phi) is 6.20. The molecule has 1 aromatic heterocycles. The maximum Gasteiger partial charge on any atom is 0.303 e. The van der Waals surface area contributed by atoms with Crippen LogP contribution in [0.3, 0.4) is 0 Å². The number of carboxylic acids is 1. The number of carbonyl (C=O) groups excluding carboxylic acids is 1. The lowest BCUT2D eigenvalue weighted by molar-refractivity contribution is -0.141. The monoisotopic (exact) mass is 486 g/mol. The molecule has 0 saturated heterocycles. The van der Waals surface area contributed by atoms with Crippen LogP contribution in [0.1, 0.15) is 36.4 Å². The minimum atomic E-state index is -1.06. The van der Waals surface area contributed by atoms with Gasteiger partial charge in [-0.1, -0.05) is 30.3 Å². The lowest BCUT2D eigenvalue weighted by atomic mass is 9.96. The Labute approximate surface area is 204 Å². The van der Waals surface area contributed by atoms with Gasteiger partial charge in [-0.3, -0.25) is 19.6 Å². The zero-order valence-corrected chi connectivity index (χ0v) is 18.9. The minimum absolute atomic E-state index is 0.180. The Morgan fingerprint density at radius 1 is 0.833 bits per heavy atom. The molecule has 5 rings (SSSR count). The number of carbonyl (C=O) groups is 2. The summed E-state index contributed by atoms with van der Waals surface area (Å²) < 4.78 is 27.3. The number of nitrogens with zero attached hydrogens (tertiary/aromatic N) is 4. The summed E-state index contributed by atoms with van der Waals surface area (Å²) >= 11 is 0. The Bertz CT molecular complexity index is 1480. The minimum Gasteiger partial charge on any atom is -0.481 e. The van der Waals surface area contributed by atoms with Crippen molar-refractivity contribution >= 4 is 28.6 Å². The Morgan fingerprint density at radius 2 is 1.50 bits per heavy atom. The van der Waals surface area contributed by atoms with Gasteiger partial charge in [0.25, 0.3) is 0 Å². The first-order valence-electron chi connectivity index (χ1n) is 11.3. The normalized spacial score (nSPS) is 15.2. The van der Waals surface area contributed by atoms with Crippen LogP contribution >= 0.6 is 0 Å². The number of hydrogen-bond acceptors (Lipinski definition) is 5. The van der Waals surface area contributed by atoms with Gasteiger partial charge in [-0.2, -0.15) is 5.10 Å². The number of carboxylic acid groups (broad SMARTS) is 1. The van der Waals surface area contributed by atoms with E-state index in [1.807, 2.05) is 18.2 Å². The van der Waals surface area contributed by atoms with Crippen molar-refractivity contribution in [1.29, 1.82) is 0 Å². The lowest BCUT2D eigenvalue weighted by Crippen LogP contribution is -2.27. The number of aliphatic carboxylic acids is 1. The van der Waals surface area contributed by atoms with Gasteiger partial charge in [0.2, 0.25) is 5.91 Å². The molecule has 0 radical (unpaired) electrons. The summed E-state index contributed by atoms with van der Waals surface area (Å²) in [5.74, 6) is -2.78. The predicted octanol–water partition coefficient (Wildman–Crippen LogP) is 5.12. The van der Waals surface area contributed by atoms with E-state index in [-0.39, 0.29) is 12.8 Å². The van der Waals surface area contributed by atoms with Gasteiger partial charge >= 0.3 is 5.97 Å². The number of hydrogen-bond donors (Lipinski definition) is 1. The van der Waals surface area contributed by atoms with Gasteiger partial charge in [-0.05, 0) is 46.5 Å². The molecule has 0 spiro atoms. The SMILES string of the molecule is O=C(O)CCC(=O)N1N=C(c2ccc(-c3cc(F)cc(F)c3)cc2)CC1c1ccc2nccnc2c1. The molecule has 1 N–H and O–H groups in total. The van der Waals surface area contributed by atoms with E-state index in [4.69, 9.17) is 5.11 Å². The fourth-order valence-corrected chi connectivity index (χ4v) is 4.27. The van der Waals surface area contributed by atoms with Crippen molar-refractivity contribution < 1.29 is 23.5 Å². The van der Waals surface area contributed by atoms with Gasteiger partial charge in [0.05, 0.1) is 29.2 Å². The van der Waals surface area contributed by atoms with Crippen LogP contribution in [0, 0.1) is 11.6 Å². The summed E-state index contributed by atoms with van der Waals surface area (Å²) in [7, 11) is 0. The molecule has 0 saturated carbocycles. The number of hydrazone groups is 1. The first-order chi connectivity index (χ1) is 17.4. The number of aromatic nitrogens is 2. The smallest absolute Gasteiger partial charge is 0.303 e. The van der Waals surface area contributed by atoms with E-state index in [9.17, 15) is 18.4 Å². The summed E-state index contributed by atoms with van der Waals surface area (Å²) in [5.41, 5.74) is 4.62. The van der Waals surface area contributed by atoms with Crippen molar-refractivity contribution in [3.05, 3.63) is 95.8 Å². The molecule has 0 aliphatic carbocycles. The molecular weight excluding hydrogens is 466 g/mol. The summed E-state index contributed by atoms with van der Waals surface area (Å²) in [6.07, 6.45) is 3.11. The van der Waals surface area contributed by atoms with Gasteiger partial charge in [0, 0.05) is 31.3 Å². The number of rotatable bonds is 6. The Morgan fingerprint density at radius 3 is 2.19 bits per heavy atom. The highest BCUT2D eigenvalue weighted by Crippen LogP contribution is 2.35. The zero-order chi connectivity index (χ0) is 25.2. The van der Waals surface area contributed by atoms with Crippen molar-refractivity contribution in [3.63, 3.8) is 0 Å². The van der Waals surface area contributed by atoms with Crippen LogP contribution in [-0.2, 0) is 9.59 Å². The molecule has 7 nitrogen and oxygen atoms in total. The summed E-state index contributed by atoms with van der Waals surface area (Å²) in [4.78, 5) is 32.6. The van der Waals surface area contributed by atoms with E-state index in [1.165, 1.54) is 17.1 Å². The first kappa shape index (κ1) is 23.2. The lowest BCUT2D eigenvalue weighted by Gasteiger charge is -2.22. The van der Waals surface area contributed by atoms with Crippen LogP contribution in [-0.4, -0.2) is 37.7 Å². The van der Waals surface area contributed by atoms with E-state index in [1.54, 1.807) is 36.7 Å². The maximum absolute atomic E-state index is 13.6. The number of fused-ring (bicyclic) bond motifs is 1. The molecule has 1 aliphatic rings. The van der Waals surface area contributed by atoms with Crippen LogP contribution < -0.4 is 0 Å². The molecule has 0 fully saturated rings. The van der Waals surface area contributed by atoms with Crippen molar-refractivity contribution in [2.24, 2.45) is 5.10 Å². The van der Waals surface area contributed by atoms with Gasteiger partial charge in [0.15, 0.2) is 0 Å². The van der Waals surface area contributed by atoms with Crippen LogP contribution in [0.15, 0.2) is 78.2 Å². The number of amides is 1. The average Bonchev–Trinajstić information content (AvgIpc) is 3.32. The van der Waals surface area contributed by atoms with Crippen LogP contribution in [0.2, 0.25) is 0 Å². The third-order valence-electron chi connectivity index (χ3n) is 6.01. The van der Waals surface area contributed by atoms with Crippen LogP contribution in [0.25, 0.3) is 22.2 Å². The molecule has 0 bridgehead atoms. The first-order valence-corrected chi connectivity index (χ1v) is 11.3. The molecule has 9 heteroatoms. The second-order valence-corrected chi connectivity index (χ2v) is 8.44. The van der Waals surface area contributed by atoms with E-state index in [2.05, 4.69) is 15.1 Å². The van der Waals surface area contributed by atoms with Crippen LogP contribution in [0.5, 0.6) is 0 Å². The largest absolute Gasteiger partial charge is 0.481 e. The van der Waals surface area contributed by atoms with E-state index in [0.29, 0.717) is 34.3 Å². The van der Waals surface area contributed by atoms with E-state index >= 15 is 0 Å². The number of halogens is 2. The van der Waals surface area contributed by atoms with E-state index < -0.39 is 29.6 Å². The molecule has 4 aromatic rings. The quantitative estimate of drug-likeness (QED) is 0.408. The highest BCUT2D eigenvalue weighted by atomic mass is 19.1. The molecule has 1 unspecified atom stereocenters. The third-order valence-corrected chi connectivity index (χ3v) is 6.01. The van der Waals surface area contributed by atoms with Crippen molar-refractivity contribution in [3.8, 4) is 11.1 Å². The summed E-state index contributed by atoms with van der Waals surface area (Å²) in [5, 5.41) is 14.9. The molecule has 1 aliphatic heterocycles. The molecule has 180 valence electrons. The van der Waals surface area contributed by atoms with Gasteiger partial charge in [0.1, 0.15) is 11.6 Å². The fourth-order valence-electron chi connectivity index (χ4n) is 4.27. The second-order valence-electron chi connectivity index (χ2n) is 8.44. The Balaban J connectivity index is 1.46. The Hall–Kier alpha value is -4.53. The summed E-state index contributed by atoms with van der Waals surface area (Å²) in [6, 6.07) is 15.5. The van der Waals surface area contributed by atoms with Crippen LogP contribution in [0.4, 0.5) is 8.78 Å². The summed E-state index contributed by atoms with van der Waals surface area (Å²) in [6.45, 7) is 0. The van der Waals surface area contributed by atoms with Crippen molar-refractivity contribution in [1.82, 2.24) is 15.0 Å². The van der Waals surface area contributed by atoms with Crippen molar-refractivity contribution in [2.75, 3.05) is 0 Å². The highest BCUT2D eigenvalue weighted by Gasteiger charge is 2.33. The van der Waals surface area contributed by atoms with Gasteiger partial charge < -0.3 is 5.11 Å². The second kappa shape index (κ2) is 9.61. The topological polar surface area (TPSA) is 95.8 Å². The average molecular weight is 486 g/mol. The van der Waals surface area contributed by atoms with E-state index in [0.717, 1.165) is 17.2 Å². The molecular formula is C27H20F2N4O3. The third kappa shape index (κ3) is 4.81. The van der Waals surface area contributed by atoms with Crippen molar-refractivity contribution in [2.45, 2.75) is 25.3 Å². The predicted molar refractivity (Wildman–Crippen MR) is 129 cm³/mol.